The molecule has 0 bridgehead atoms. The van der Waals surface area contributed by atoms with Crippen LogP contribution in [0.15, 0.2) is 29.3 Å². The summed E-state index contributed by atoms with van der Waals surface area (Å²) in [6.45, 7) is 6.55. The lowest BCUT2D eigenvalue weighted by atomic mass is 10.1. The molecule has 0 aliphatic carbocycles. The Balaban J connectivity index is 0.00000116. The maximum absolute atomic E-state index is 12.7. The highest BCUT2D eigenvalue weighted by Gasteiger charge is 2.31. The van der Waals surface area contributed by atoms with E-state index in [2.05, 4.69) is 4.99 Å². The second-order valence-corrected chi connectivity index (χ2v) is 4.60. The maximum Gasteiger partial charge on any atom is 0.416 e. The topological polar surface area (TPSA) is 44.9 Å². The highest BCUT2D eigenvalue weighted by molar-refractivity contribution is 5.78. The van der Waals surface area contributed by atoms with Gasteiger partial charge in [-0.2, -0.15) is 13.2 Å². The average Bonchev–Trinajstić information content (AvgIpc) is 2.55. The van der Waals surface area contributed by atoms with Crippen molar-refractivity contribution in [2.75, 3.05) is 38.1 Å². The van der Waals surface area contributed by atoms with E-state index in [9.17, 15) is 13.2 Å². The molecule has 1 aliphatic heterocycles. The zero-order valence-corrected chi connectivity index (χ0v) is 13.2. The van der Waals surface area contributed by atoms with Crippen LogP contribution in [0.3, 0.4) is 0 Å². The predicted molar refractivity (Wildman–Crippen MR) is 84.1 cm³/mol. The number of nitrogens with two attached hydrogens (primary N) is 1. The third-order valence-electron chi connectivity index (χ3n) is 3.37. The van der Waals surface area contributed by atoms with Crippen molar-refractivity contribution < 1.29 is 13.2 Å². The molecular formula is C15H23F3N4. The van der Waals surface area contributed by atoms with Gasteiger partial charge in [-0.15, -0.1) is 0 Å². The van der Waals surface area contributed by atoms with E-state index in [0.717, 1.165) is 6.07 Å². The van der Waals surface area contributed by atoms with Crippen molar-refractivity contribution in [3.05, 3.63) is 29.8 Å². The summed E-state index contributed by atoms with van der Waals surface area (Å²) in [6, 6.07) is 5.41. The fourth-order valence-electron chi connectivity index (χ4n) is 2.21. The summed E-state index contributed by atoms with van der Waals surface area (Å²) in [5.41, 5.74) is 5.69. The first-order chi connectivity index (χ1) is 10.4. The number of benzene rings is 1. The third-order valence-corrected chi connectivity index (χ3v) is 3.37. The molecule has 1 aromatic rings. The first-order valence-electron chi connectivity index (χ1n) is 7.31. The molecule has 4 nitrogen and oxygen atoms in total. The van der Waals surface area contributed by atoms with Crippen LogP contribution in [0.1, 0.15) is 19.4 Å². The number of halogens is 3. The van der Waals surface area contributed by atoms with Gasteiger partial charge in [0.25, 0.3) is 0 Å². The van der Waals surface area contributed by atoms with Gasteiger partial charge in [0.1, 0.15) is 0 Å². The highest BCUT2D eigenvalue weighted by atomic mass is 19.4. The summed E-state index contributed by atoms with van der Waals surface area (Å²) in [5, 5.41) is 0. The summed E-state index contributed by atoms with van der Waals surface area (Å²) < 4.78 is 38.1. The highest BCUT2D eigenvalue weighted by Crippen LogP contribution is 2.31. The number of hydrogen-bond donors (Lipinski definition) is 1. The van der Waals surface area contributed by atoms with Crippen LogP contribution in [0.25, 0.3) is 0 Å². The minimum atomic E-state index is -4.31. The number of hydrogen-bond acceptors (Lipinski definition) is 2. The van der Waals surface area contributed by atoms with Crippen LogP contribution >= 0.6 is 0 Å². The van der Waals surface area contributed by atoms with Crippen molar-refractivity contribution in [3.63, 3.8) is 0 Å². The van der Waals surface area contributed by atoms with Gasteiger partial charge in [-0.3, -0.25) is 4.99 Å². The van der Waals surface area contributed by atoms with Gasteiger partial charge >= 0.3 is 6.18 Å². The molecule has 2 rings (SSSR count). The summed E-state index contributed by atoms with van der Waals surface area (Å²) in [5.74, 6) is 0.466. The molecule has 0 spiro atoms. The van der Waals surface area contributed by atoms with Gasteiger partial charge in [-0.25, -0.2) is 0 Å². The first-order valence-corrected chi connectivity index (χ1v) is 7.31. The van der Waals surface area contributed by atoms with Crippen LogP contribution in [-0.2, 0) is 6.18 Å². The van der Waals surface area contributed by atoms with Gasteiger partial charge in [0.15, 0.2) is 5.96 Å². The van der Waals surface area contributed by atoms with E-state index in [0.29, 0.717) is 37.8 Å². The van der Waals surface area contributed by atoms with Crippen molar-refractivity contribution in [3.8, 4) is 0 Å². The molecule has 0 aromatic heterocycles. The van der Waals surface area contributed by atoms with E-state index in [1.165, 1.54) is 12.1 Å². The summed E-state index contributed by atoms with van der Waals surface area (Å²) in [4.78, 5) is 7.76. The number of anilines is 1. The molecule has 1 aromatic carbocycles. The lowest BCUT2D eigenvalue weighted by Gasteiger charge is -2.36. The molecule has 1 saturated heterocycles. The van der Waals surface area contributed by atoms with Gasteiger partial charge in [0.05, 0.1) is 5.56 Å². The first kappa shape index (κ1) is 18.1. The van der Waals surface area contributed by atoms with Crippen LogP contribution in [0, 0.1) is 0 Å². The fraction of sp³-hybridized carbons (Fsp3) is 0.533. The molecule has 0 saturated carbocycles. The molecule has 0 atom stereocenters. The zero-order valence-electron chi connectivity index (χ0n) is 13.2. The van der Waals surface area contributed by atoms with Crippen LogP contribution in [-0.4, -0.2) is 44.1 Å². The Bertz CT molecular complexity index is 492. The lowest BCUT2D eigenvalue weighted by molar-refractivity contribution is -0.137. The molecule has 0 radical (unpaired) electrons. The minimum Gasteiger partial charge on any atom is -0.370 e. The minimum absolute atomic E-state index is 0.466. The Morgan fingerprint density at radius 3 is 2.23 bits per heavy atom. The lowest BCUT2D eigenvalue weighted by Crippen LogP contribution is -2.51. The molecule has 7 heteroatoms. The van der Waals surface area contributed by atoms with Crippen LogP contribution < -0.4 is 10.6 Å². The zero-order chi connectivity index (χ0) is 16.8. The van der Waals surface area contributed by atoms with Crippen molar-refractivity contribution in [2.24, 2.45) is 10.7 Å². The van der Waals surface area contributed by atoms with Gasteiger partial charge in [0, 0.05) is 38.9 Å². The van der Waals surface area contributed by atoms with Crippen LogP contribution in [0.2, 0.25) is 0 Å². The number of rotatable bonds is 1. The molecular weight excluding hydrogens is 293 g/mol. The van der Waals surface area contributed by atoms with E-state index in [1.54, 1.807) is 13.1 Å². The summed E-state index contributed by atoms with van der Waals surface area (Å²) >= 11 is 0. The van der Waals surface area contributed by atoms with Gasteiger partial charge in [-0.05, 0) is 18.2 Å². The Kier molecular flexibility index (Phi) is 6.52. The van der Waals surface area contributed by atoms with E-state index in [1.807, 2.05) is 23.6 Å². The Hall–Kier alpha value is -1.92. The molecule has 0 amide bonds. The number of piperazine rings is 1. The van der Waals surface area contributed by atoms with Crippen molar-refractivity contribution in [1.29, 1.82) is 0 Å². The van der Waals surface area contributed by atoms with Gasteiger partial charge in [0.2, 0.25) is 0 Å². The van der Waals surface area contributed by atoms with Crippen molar-refractivity contribution >= 4 is 11.6 Å². The molecule has 1 heterocycles. The molecule has 1 aliphatic rings. The van der Waals surface area contributed by atoms with E-state index in [4.69, 9.17) is 5.73 Å². The number of alkyl halides is 3. The third kappa shape index (κ3) is 4.54. The van der Waals surface area contributed by atoms with Crippen LogP contribution in [0.4, 0.5) is 18.9 Å². The SMILES string of the molecule is CC.CN=C(N)N1CCN(c2cccc(C(F)(F)F)c2)CC1. The maximum atomic E-state index is 12.7. The predicted octanol–water partition coefficient (Wildman–Crippen LogP) is 2.80. The molecule has 22 heavy (non-hydrogen) atoms. The van der Waals surface area contributed by atoms with Gasteiger partial charge in [-0.1, -0.05) is 19.9 Å². The Morgan fingerprint density at radius 2 is 1.73 bits per heavy atom. The summed E-state index contributed by atoms with van der Waals surface area (Å²) in [7, 11) is 1.62. The Morgan fingerprint density at radius 1 is 1.14 bits per heavy atom. The van der Waals surface area contributed by atoms with Crippen LogP contribution in [0.5, 0.6) is 0 Å². The second kappa shape index (κ2) is 7.91. The van der Waals surface area contributed by atoms with Crippen molar-refractivity contribution in [1.82, 2.24) is 4.90 Å². The van der Waals surface area contributed by atoms with Crippen molar-refractivity contribution in [2.45, 2.75) is 20.0 Å². The number of aliphatic imine (C=N–C) groups is 1. The second-order valence-electron chi connectivity index (χ2n) is 4.60. The standard InChI is InChI=1S/C13H17F3N4.C2H6/c1-18-12(17)20-7-5-19(6-8-20)11-4-2-3-10(9-11)13(14,15)16;1-2/h2-4,9H,5-8H2,1H3,(H2,17,18);1-2H3. The fourth-order valence-corrected chi connectivity index (χ4v) is 2.21. The number of nitrogens with zero attached hydrogens (tertiary/aromatic N) is 3. The Labute approximate surface area is 129 Å². The molecule has 2 N–H and O–H groups in total. The smallest absolute Gasteiger partial charge is 0.370 e. The number of guanidine groups is 1. The van der Waals surface area contributed by atoms with E-state index >= 15 is 0 Å². The molecule has 1 fully saturated rings. The summed E-state index contributed by atoms with van der Waals surface area (Å²) in [6.07, 6.45) is -4.31. The molecule has 124 valence electrons. The average molecular weight is 316 g/mol. The monoisotopic (exact) mass is 316 g/mol. The molecule has 0 unspecified atom stereocenters. The normalized spacial score (nSPS) is 16.2. The quantitative estimate of drug-likeness (QED) is 0.640. The van der Waals surface area contributed by atoms with Gasteiger partial charge < -0.3 is 15.5 Å². The van der Waals surface area contributed by atoms with E-state index in [-0.39, 0.29) is 0 Å². The van der Waals surface area contributed by atoms with E-state index < -0.39 is 11.7 Å². The largest absolute Gasteiger partial charge is 0.416 e.